The number of allylic oxidation sites excluding steroid dienone is 1. The Labute approximate surface area is 113 Å². The van der Waals surface area contributed by atoms with Gasteiger partial charge in [-0.3, -0.25) is 4.79 Å². The van der Waals surface area contributed by atoms with E-state index in [1.54, 1.807) is 0 Å². The SMILES string of the molecule is C/C=C1\CCCN(C2CCOc3ccccc32)C1=O. The van der Waals surface area contributed by atoms with Crippen molar-refractivity contribution in [3.8, 4) is 5.75 Å². The van der Waals surface area contributed by atoms with Gasteiger partial charge in [0, 0.05) is 24.1 Å². The summed E-state index contributed by atoms with van der Waals surface area (Å²) in [7, 11) is 0. The van der Waals surface area contributed by atoms with Crippen LogP contribution in [0.5, 0.6) is 5.75 Å². The van der Waals surface area contributed by atoms with Crippen LogP contribution in [0.1, 0.15) is 37.8 Å². The summed E-state index contributed by atoms with van der Waals surface area (Å²) in [4.78, 5) is 14.5. The Hall–Kier alpha value is -1.77. The Bertz CT molecular complexity index is 521. The van der Waals surface area contributed by atoms with Gasteiger partial charge in [0.05, 0.1) is 12.6 Å². The zero-order valence-corrected chi connectivity index (χ0v) is 11.3. The molecule has 0 aromatic heterocycles. The molecule has 0 bridgehead atoms. The van der Waals surface area contributed by atoms with Gasteiger partial charge in [-0.25, -0.2) is 0 Å². The zero-order chi connectivity index (χ0) is 13.2. The topological polar surface area (TPSA) is 29.5 Å². The van der Waals surface area contributed by atoms with Gasteiger partial charge in [0.15, 0.2) is 0 Å². The van der Waals surface area contributed by atoms with E-state index in [0.717, 1.165) is 42.7 Å². The minimum atomic E-state index is 0.174. The van der Waals surface area contributed by atoms with E-state index in [9.17, 15) is 4.79 Å². The van der Waals surface area contributed by atoms with Gasteiger partial charge in [0.2, 0.25) is 5.91 Å². The normalized spacial score (nSPS) is 25.1. The Morgan fingerprint density at radius 2 is 2.21 bits per heavy atom. The van der Waals surface area contributed by atoms with Crippen LogP contribution in [0.4, 0.5) is 0 Å². The van der Waals surface area contributed by atoms with Gasteiger partial charge in [-0.1, -0.05) is 24.3 Å². The Morgan fingerprint density at radius 3 is 3.05 bits per heavy atom. The number of ether oxygens (including phenoxy) is 1. The molecule has 1 aromatic rings. The third-order valence-electron chi connectivity index (χ3n) is 4.03. The second-order valence-electron chi connectivity index (χ2n) is 5.11. The molecule has 0 N–H and O–H groups in total. The molecule has 1 saturated heterocycles. The third kappa shape index (κ3) is 2.14. The second kappa shape index (κ2) is 5.08. The van der Waals surface area contributed by atoms with Crippen molar-refractivity contribution >= 4 is 5.91 Å². The van der Waals surface area contributed by atoms with Crippen LogP contribution in [0.15, 0.2) is 35.9 Å². The number of carbonyl (C=O) groups is 1. The molecule has 3 heteroatoms. The number of nitrogens with zero attached hydrogens (tertiary/aromatic N) is 1. The zero-order valence-electron chi connectivity index (χ0n) is 11.3. The van der Waals surface area contributed by atoms with Crippen LogP contribution in [0.3, 0.4) is 0 Å². The molecule has 0 radical (unpaired) electrons. The highest BCUT2D eigenvalue weighted by Gasteiger charge is 2.33. The first kappa shape index (κ1) is 12.3. The predicted molar refractivity (Wildman–Crippen MR) is 74.0 cm³/mol. The minimum Gasteiger partial charge on any atom is -0.493 e. The first-order valence-corrected chi connectivity index (χ1v) is 6.99. The van der Waals surface area contributed by atoms with E-state index in [4.69, 9.17) is 4.74 Å². The molecule has 3 nitrogen and oxygen atoms in total. The van der Waals surface area contributed by atoms with E-state index >= 15 is 0 Å². The molecule has 0 spiro atoms. The summed E-state index contributed by atoms with van der Waals surface area (Å²) in [5.41, 5.74) is 2.11. The Morgan fingerprint density at radius 1 is 1.37 bits per heavy atom. The van der Waals surface area contributed by atoms with Gasteiger partial charge in [0.25, 0.3) is 0 Å². The number of hydrogen-bond acceptors (Lipinski definition) is 2. The molecule has 2 heterocycles. The first-order chi connectivity index (χ1) is 9.31. The Kier molecular flexibility index (Phi) is 3.28. The molecular weight excluding hydrogens is 238 g/mol. The molecule has 0 aliphatic carbocycles. The molecule has 2 aliphatic rings. The number of rotatable bonds is 1. The van der Waals surface area contributed by atoms with Gasteiger partial charge >= 0.3 is 0 Å². The highest BCUT2D eigenvalue weighted by atomic mass is 16.5. The van der Waals surface area contributed by atoms with E-state index in [1.807, 2.05) is 36.1 Å². The highest BCUT2D eigenvalue weighted by molar-refractivity contribution is 5.94. The van der Waals surface area contributed by atoms with Crippen molar-refractivity contribution < 1.29 is 9.53 Å². The molecule has 1 aromatic carbocycles. The molecule has 1 unspecified atom stereocenters. The van der Waals surface area contributed by atoms with E-state index in [2.05, 4.69) is 6.07 Å². The van der Waals surface area contributed by atoms with E-state index in [0.29, 0.717) is 6.61 Å². The van der Waals surface area contributed by atoms with Crippen LogP contribution < -0.4 is 4.74 Å². The van der Waals surface area contributed by atoms with Gasteiger partial charge in [-0.15, -0.1) is 0 Å². The van der Waals surface area contributed by atoms with Crippen molar-refractivity contribution in [2.45, 2.75) is 32.2 Å². The average Bonchev–Trinajstić information content (AvgIpc) is 2.47. The maximum atomic E-state index is 12.5. The first-order valence-electron chi connectivity index (χ1n) is 6.99. The number of fused-ring (bicyclic) bond motifs is 1. The maximum Gasteiger partial charge on any atom is 0.249 e. The molecule has 1 atom stereocenters. The number of hydrogen-bond donors (Lipinski definition) is 0. The molecule has 1 fully saturated rings. The summed E-state index contributed by atoms with van der Waals surface area (Å²) in [5, 5.41) is 0. The standard InChI is InChI=1S/C16H19NO2/c1-2-12-6-5-10-17(16(12)18)14-9-11-19-15-8-4-3-7-13(14)15/h2-4,7-8,14H,5-6,9-11H2,1H3/b12-2+. The second-order valence-corrected chi connectivity index (χ2v) is 5.11. The number of carbonyl (C=O) groups excluding carboxylic acids is 1. The van der Waals surface area contributed by atoms with Crippen molar-refractivity contribution in [1.29, 1.82) is 0 Å². The number of piperidine rings is 1. The minimum absolute atomic E-state index is 0.174. The monoisotopic (exact) mass is 257 g/mol. The lowest BCUT2D eigenvalue weighted by molar-refractivity contribution is -0.131. The lowest BCUT2D eigenvalue weighted by Gasteiger charge is -2.38. The molecule has 3 rings (SSSR count). The van der Waals surface area contributed by atoms with Crippen molar-refractivity contribution in [2.24, 2.45) is 0 Å². The van der Waals surface area contributed by atoms with Crippen molar-refractivity contribution in [2.75, 3.05) is 13.2 Å². The number of likely N-dealkylation sites (tertiary alicyclic amines) is 1. The number of para-hydroxylation sites is 1. The summed E-state index contributed by atoms with van der Waals surface area (Å²) >= 11 is 0. The summed E-state index contributed by atoms with van der Waals surface area (Å²) in [5.74, 6) is 1.13. The highest BCUT2D eigenvalue weighted by Crippen LogP contribution is 2.37. The van der Waals surface area contributed by atoms with Gasteiger partial charge < -0.3 is 9.64 Å². The molecule has 19 heavy (non-hydrogen) atoms. The number of benzene rings is 1. The quantitative estimate of drug-likeness (QED) is 0.724. The summed E-state index contributed by atoms with van der Waals surface area (Å²) in [6.07, 6.45) is 4.82. The fourth-order valence-corrected chi connectivity index (χ4v) is 3.04. The molecule has 0 saturated carbocycles. The Balaban J connectivity index is 1.93. The summed E-state index contributed by atoms with van der Waals surface area (Å²) in [6.45, 7) is 3.50. The maximum absolute atomic E-state index is 12.5. The van der Waals surface area contributed by atoms with E-state index in [1.165, 1.54) is 0 Å². The van der Waals surface area contributed by atoms with Crippen LogP contribution in [0.2, 0.25) is 0 Å². The van der Waals surface area contributed by atoms with E-state index in [-0.39, 0.29) is 11.9 Å². The van der Waals surface area contributed by atoms with Crippen LogP contribution in [-0.4, -0.2) is 24.0 Å². The fraction of sp³-hybridized carbons (Fsp3) is 0.438. The van der Waals surface area contributed by atoms with Crippen molar-refractivity contribution in [3.05, 3.63) is 41.5 Å². The summed E-state index contributed by atoms with van der Waals surface area (Å²) in [6, 6.07) is 8.25. The van der Waals surface area contributed by atoms with Gasteiger partial charge in [0.1, 0.15) is 5.75 Å². The molecule has 100 valence electrons. The smallest absolute Gasteiger partial charge is 0.249 e. The van der Waals surface area contributed by atoms with Crippen LogP contribution >= 0.6 is 0 Å². The van der Waals surface area contributed by atoms with E-state index < -0.39 is 0 Å². The lowest BCUT2D eigenvalue weighted by atomic mass is 9.94. The van der Waals surface area contributed by atoms with Crippen LogP contribution in [0, 0.1) is 0 Å². The van der Waals surface area contributed by atoms with Crippen molar-refractivity contribution in [1.82, 2.24) is 4.90 Å². The largest absolute Gasteiger partial charge is 0.493 e. The number of amides is 1. The molecule has 1 amide bonds. The van der Waals surface area contributed by atoms with Crippen molar-refractivity contribution in [3.63, 3.8) is 0 Å². The van der Waals surface area contributed by atoms with Crippen LogP contribution in [-0.2, 0) is 4.79 Å². The van der Waals surface area contributed by atoms with Gasteiger partial charge in [-0.2, -0.15) is 0 Å². The summed E-state index contributed by atoms with van der Waals surface area (Å²) < 4.78 is 5.68. The lowest BCUT2D eigenvalue weighted by Crippen LogP contribution is -2.41. The molecular formula is C16H19NO2. The fourth-order valence-electron chi connectivity index (χ4n) is 3.04. The molecule has 2 aliphatic heterocycles. The third-order valence-corrected chi connectivity index (χ3v) is 4.03. The average molecular weight is 257 g/mol. The van der Waals surface area contributed by atoms with Crippen LogP contribution in [0.25, 0.3) is 0 Å². The van der Waals surface area contributed by atoms with Gasteiger partial charge in [-0.05, 0) is 25.8 Å². The predicted octanol–water partition coefficient (Wildman–Crippen LogP) is 3.08.